The zero-order valence-corrected chi connectivity index (χ0v) is 11.0. The average Bonchev–Trinajstić information content (AvgIpc) is 3.17. The van der Waals surface area contributed by atoms with Gasteiger partial charge in [-0.1, -0.05) is 12.1 Å². The second-order valence-corrected chi connectivity index (χ2v) is 4.93. The van der Waals surface area contributed by atoms with Crippen LogP contribution < -0.4 is 0 Å². The van der Waals surface area contributed by atoms with Crippen molar-refractivity contribution in [3.05, 3.63) is 39.7 Å². The predicted molar refractivity (Wildman–Crippen MR) is 71.0 cm³/mol. The number of hydrogen-bond donors (Lipinski definition) is 1. The maximum absolute atomic E-state index is 11.3. The van der Waals surface area contributed by atoms with E-state index in [1.807, 2.05) is 4.57 Å². The van der Waals surface area contributed by atoms with E-state index < -0.39 is 4.92 Å². The number of aromatic nitrogens is 3. The summed E-state index contributed by atoms with van der Waals surface area (Å²) in [5.74, 6) is 0.922. The van der Waals surface area contributed by atoms with Gasteiger partial charge in [0, 0.05) is 11.6 Å². The van der Waals surface area contributed by atoms with Gasteiger partial charge in [-0.3, -0.25) is 10.1 Å². The van der Waals surface area contributed by atoms with Crippen LogP contribution in [0.1, 0.15) is 30.3 Å². The number of para-hydroxylation sites is 1. The maximum Gasteiger partial charge on any atom is 0.283 e. The van der Waals surface area contributed by atoms with Crippen LogP contribution in [0.5, 0.6) is 0 Å². The van der Waals surface area contributed by atoms with Crippen molar-refractivity contribution >= 4 is 5.69 Å². The van der Waals surface area contributed by atoms with Gasteiger partial charge in [0.25, 0.3) is 5.69 Å². The van der Waals surface area contributed by atoms with Crippen molar-refractivity contribution in [1.82, 2.24) is 14.8 Å². The predicted octanol–water partition coefficient (Wildman–Crippen LogP) is 1.99. The fourth-order valence-electron chi connectivity index (χ4n) is 2.41. The Morgan fingerprint density at radius 2 is 2.20 bits per heavy atom. The molecule has 1 saturated carbocycles. The molecule has 20 heavy (non-hydrogen) atoms. The normalized spacial score (nSPS) is 14.5. The lowest BCUT2D eigenvalue weighted by atomic mass is 10.1. The summed E-state index contributed by atoms with van der Waals surface area (Å²) in [5, 5.41) is 28.6. The molecule has 1 N–H and O–H groups in total. The second-order valence-electron chi connectivity index (χ2n) is 4.93. The third-order valence-electron chi connectivity index (χ3n) is 3.48. The zero-order valence-electron chi connectivity index (χ0n) is 11.0. The molecule has 7 nitrogen and oxygen atoms in total. The summed E-state index contributed by atoms with van der Waals surface area (Å²) < 4.78 is 1.82. The van der Waals surface area contributed by atoms with Gasteiger partial charge in [0.2, 0.25) is 0 Å². The van der Waals surface area contributed by atoms with Gasteiger partial charge in [0.05, 0.1) is 10.5 Å². The minimum atomic E-state index is -0.394. The van der Waals surface area contributed by atoms with Crippen molar-refractivity contribution in [3.63, 3.8) is 0 Å². The van der Waals surface area contributed by atoms with Gasteiger partial charge in [0.1, 0.15) is 6.61 Å². The summed E-state index contributed by atoms with van der Waals surface area (Å²) in [6.45, 7) is 1.48. The zero-order chi connectivity index (χ0) is 14.3. The molecule has 104 valence electrons. The van der Waals surface area contributed by atoms with Gasteiger partial charge in [-0.25, -0.2) is 0 Å². The molecule has 7 heteroatoms. The lowest BCUT2D eigenvalue weighted by Gasteiger charge is -2.09. The van der Waals surface area contributed by atoms with E-state index in [9.17, 15) is 15.2 Å². The fourth-order valence-corrected chi connectivity index (χ4v) is 2.41. The third-order valence-corrected chi connectivity index (χ3v) is 3.48. The first-order valence-electron chi connectivity index (χ1n) is 6.42. The molecule has 0 unspecified atom stereocenters. The van der Waals surface area contributed by atoms with Crippen LogP contribution in [0.4, 0.5) is 5.69 Å². The number of nitro benzene ring substituents is 1. The highest BCUT2D eigenvalue weighted by molar-refractivity contribution is 5.71. The Kier molecular flexibility index (Phi) is 2.98. The molecule has 1 aliphatic rings. The Morgan fingerprint density at radius 1 is 1.45 bits per heavy atom. The van der Waals surface area contributed by atoms with Crippen LogP contribution >= 0.6 is 0 Å². The van der Waals surface area contributed by atoms with E-state index in [4.69, 9.17) is 0 Å². The number of aryl methyl sites for hydroxylation is 1. The quantitative estimate of drug-likeness (QED) is 0.679. The molecule has 3 rings (SSSR count). The van der Waals surface area contributed by atoms with Gasteiger partial charge in [-0.15, -0.1) is 10.2 Å². The van der Waals surface area contributed by atoms with E-state index in [0.717, 1.165) is 12.8 Å². The van der Waals surface area contributed by atoms with Crippen molar-refractivity contribution in [2.75, 3.05) is 0 Å². The average molecular weight is 274 g/mol. The first-order valence-corrected chi connectivity index (χ1v) is 6.42. The molecule has 1 aromatic carbocycles. The number of nitro groups is 1. The summed E-state index contributed by atoms with van der Waals surface area (Å²) in [5.41, 5.74) is 1.09. The highest BCUT2D eigenvalue weighted by Gasteiger charge is 2.32. The highest BCUT2D eigenvalue weighted by Crippen LogP contribution is 2.41. The largest absolute Gasteiger partial charge is 0.388 e. The molecule has 0 spiro atoms. The molecule has 1 aromatic heterocycles. The molecule has 1 aliphatic carbocycles. The molecule has 0 radical (unpaired) electrons. The van der Waals surface area contributed by atoms with Gasteiger partial charge in [-0.2, -0.15) is 0 Å². The number of hydrogen-bond acceptors (Lipinski definition) is 5. The number of aliphatic hydroxyl groups is 1. The molecular formula is C13H14N4O3. The Hall–Kier alpha value is -2.28. The van der Waals surface area contributed by atoms with E-state index >= 15 is 0 Å². The van der Waals surface area contributed by atoms with E-state index in [-0.39, 0.29) is 18.3 Å². The van der Waals surface area contributed by atoms with E-state index in [2.05, 4.69) is 10.2 Å². The lowest BCUT2D eigenvalue weighted by molar-refractivity contribution is -0.384. The van der Waals surface area contributed by atoms with Crippen LogP contribution in [-0.4, -0.2) is 24.8 Å². The van der Waals surface area contributed by atoms with Crippen LogP contribution in [0, 0.1) is 17.0 Å². The molecule has 1 heterocycles. The summed E-state index contributed by atoms with van der Waals surface area (Å²) in [6, 6.07) is 5.38. The second kappa shape index (κ2) is 4.68. The number of aliphatic hydroxyl groups excluding tert-OH is 1. The van der Waals surface area contributed by atoms with Crippen molar-refractivity contribution in [1.29, 1.82) is 0 Å². The van der Waals surface area contributed by atoms with Crippen LogP contribution in [-0.2, 0) is 6.61 Å². The summed E-state index contributed by atoms with van der Waals surface area (Å²) >= 11 is 0. The lowest BCUT2D eigenvalue weighted by Crippen LogP contribution is -2.05. The molecule has 1 fully saturated rings. The van der Waals surface area contributed by atoms with Crippen molar-refractivity contribution in [3.8, 4) is 11.4 Å². The molecular weight excluding hydrogens is 260 g/mol. The minimum absolute atomic E-state index is 0.0475. The van der Waals surface area contributed by atoms with Crippen LogP contribution in [0.15, 0.2) is 18.2 Å². The van der Waals surface area contributed by atoms with Crippen molar-refractivity contribution in [2.24, 2.45) is 0 Å². The molecule has 0 atom stereocenters. The van der Waals surface area contributed by atoms with Gasteiger partial charge in [0.15, 0.2) is 11.6 Å². The molecule has 0 amide bonds. The smallest absolute Gasteiger partial charge is 0.283 e. The Bertz CT molecular complexity index is 676. The van der Waals surface area contributed by atoms with Crippen LogP contribution in [0.3, 0.4) is 0 Å². The summed E-state index contributed by atoms with van der Waals surface area (Å²) in [7, 11) is 0. The molecule has 0 saturated heterocycles. The Labute approximate surface area is 115 Å². The van der Waals surface area contributed by atoms with Gasteiger partial charge >= 0.3 is 0 Å². The minimum Gasteiger partial charge on any atom is -0.388 e. The highest BCUT2D eigenvalue weighted by atomic mass is 16.6. The van der Waals surface area contributed by atoms with Gasteiger partial charge < -0.3 is 9.67 Å². The fraction of sp³-hybridized carbons (Fsp3) is 0.385. The number of benzene rings is 1. The summed E-state index contributed by atoms with van der Waals surface area (Å²) in [4.78, 5) is 10.9. The van der Waals surface area contributed by atoms with Crippen molar-refractivity contribution < 1.29 is 10.0 Å². The first kappa shape index (κ1) is 12.7. The molecule has 0 aliphatic heterocycles. The van der Waals surface area contributed by atoms with E-state index in [1.165, 1.54) is 0 Å². The monoisotopic (exact) mass is 274 g/mol. The molecule has 0 bridgehead atoms. The SMILES string of the molecule is Cc1cccc(-c2nnc(CO)n2C2CC2)c1[N+](=O)[O-]. The maximum atomic E-state index is 11.3. The molecule has 2 aromatic rings. The van der Waals surface area contributed by atoms with Gasteiger partial charge in [-0.05, 0) is 25.8 Å². The topological polar surface area (TPSA) is 94.1 Å². The van der Waals surface area contributed by atoms with Crippen LogP contribution in [0.25, 0.3) is 11.4 Å². The summed E-state index contributed by atoms with van der Waals surface area (Å²) in [6.07, 6.45) is 1.97. The van der Waals surface area contributed by atoms with E-state index in [1.54, 1.807) is 25.1 Å². The van der Waals surface area contributed by atoms with Crippen LogP contribution in [0.2, 0.25) is 0 Å². The Morgan fingerprint density at radius 3 is 2.80 bits per heavy atom. The standard InChI is InChI=1S/C13H14N4O3/c1-8-3-2-4-10(12(8)17(19)20)13-15-14-11(7-18)16(13)9-5-6-9/h2-4,9,18H,5-7H2,1H3. The first-order chi connectivity index (χ1) is 9.63. The van der Waals surface area contributed by atoms with Crippen molar-refractivity contribution in [2.45, 2.75) is 32.4 Å². The Balaban J connectivity index is 2.21. The van der Waals surface area contributed by atoms with E-state index in [0.29, 0.717) is 22.8 Å². The third kappa shape index (κ3) is 1.96. The number of rotatable bonds is 4. The number of nitrogens with zero attached hydrogens (tertiary/aromatic N) is 4.